The van der Waals surface area contributed by atoms with E-state index in [-0.39, 0.29) is 5.78 Å². The number of aromatic nitrogens is 2. The average molecular weight is 254 g/mol. The number of carbonyl (C=O) groups is 1. The van der Waals surface area contributed by atoms with Gasteiger partial charge in [0.05, 0.1) is 15.7 Å². The van der Waals surface area contributed by atoms with Gasteiger partial charge in [0, 0.05) is 23.5 Å². The third-order valence-corrected chi connectivity index (χ3v) is 3.60. The number of ketones is 1. The minimum absolute atomic E-state index is 0.0308. The van der Waals surface area contributed by atoms with Gasteiger partial charge >= 0.3 is 0 Å². The van der Waals surface area contributed by atoms with Gasteiger partial charge in [-0.15, -0.1) is 11.3 Å². The number of pyridine rings is 1. The number of hydrogen-bond acceptors (Lipinski definition) is 4. The number of fused-ring (bicyclic) bond motifs is 1. The Bertz CT molecular complexity index is 733. The molecule has 0 radical (unpaired) electrons. The quantitative estimate of drug-likeness (QED) is 0.657. The SMILES string of the molecule is CC(=O)c1cncc(-c2ccc3ncsc3c2)c1. The highest BCUT2D eigenvalue weighted by Crippen LogP contribution is 2.26. The molecule has 0 aliphatic carbocycles. The molecule has 0 aliphatic heterocycles. The molecule has 0 atom stereocenters. The molecule has 1 aromatic carbocycles. The van der Waals surface area contributed by atoms with Crippen molar-refractivity contribution in [2.24, 2.45) is 0 Å². The Hall–Kier alpha value is -2.07. The lowest BCUT2D eigenvalue weighted by molar-refractivity contribution is 0.101. The van der Waals surface area contributed by atoms with Crippen LogP contribution in [0.1, 0.15) is 17.3 Å². The topological polar surface area (TPSA) is 42.9 Å². The van der Waals surface area contributed by atoms with E-state index in [0.717, 1.165) is 21.3 Å². The van der Waals surface area contributed by atoms with E-state index in [4.69, 9.17) is 0 Å². The molecule has 0 fully saturated rings. The van der Waals surface area contributed by atoms with Crippen molar-refractivity contribution >= 4 is 27.3 Å². The van der Waals surface area contributed by atoms with E-state index in [1.54, 1.807) is 30.7 Å². The molecular formula is C14H10N2OS. The number of Topliss-reactive ketones (excluding diaryl/α,β-unsaturated/α-hetero) is 1. The van der Waals surface area contributed by atoms with Crippen molar-refractivity contribution in [3.8, 4) is 11.1 Å². The van der Waals surface area contributed by atoms with Crippen LogP contribution >= 0.6 is 11.3 Å². The zero-order valence-electron chi connectivity index (χ0n) is 9.75. The summed E-state index contributed by atoms with van der Waals surface area (Å²) in [5.41, 5.74) is 5.48. The molecule has 3 nitrogen and oxygen atoms in total. The molecule has 2 heterocycles. The smallest absolute Gasteiger partial charge is 0.161 e. The number of carbonyl (C=O) groups excluding carboxylic acids is 1. The maximum absolute atomic E-state index is 11.4. The maximum atomic E-state index is 11.4. The van der Waals surface area contributed by atoms with E-state index < -0.39 is 0 Å². The van der Waals surface area contributed by atoms with Crippen LogP contribution in [0.3, 0.4) is 0 Å². The fraction of sp³-hybridized carbons (Fsp3) is 0.0714. The van der Waals surface area contributed by atoms with Crippen molar-refractivity contribution in [2.45, 2.75) is 6.92 Å². The van der Waals surface area contributed by atoms with Crippen molar-refractivity contribution in [1.29, 1.82) is 0 Å². The van der Waals surface area contributed by atoms with Gasteiger partial charge in [-0.05, 0) is 30.7 Å². The monoisotopic (exact) mass is 254 g/mol. The van der Waals surface area contributed by atoms with Crippen molar-refractivity contribution in [3.63, 3.8) is 0 Å². The van der Waals surface area contributed by atoms with E-state index in [1.807, 2.05) is 23.7 Å². The molecule has 88 valence electrons. The van der Waals surface area contributed by atoms with Crippen LogP contribution in [-0.2, 0) is 0 Å². The predicted octanol–water partition coefficient (Wildman–Crippen LogP) is 3.56. The Kier molecular flexibility index (Phi) is 2.64. The fourth-order valence-electron chi connectivity index (χ4n) is 1.82. The zero-order chi connectivity index (χ0) is 12.5. The molecule has 0 saturated heterocycles. The highest BCUT2D eigenvalue weighted by Gasteiger charge is 2.05. The third kappa shape index (κ3) is 1.91. The van der Waals surface area contributed by atoms with Gasteiger partial charge in [0.2, 0.25) is 0 Å². The first-order chi connectivity index (χ1) is 8.74. The minimum Gasteiger partial charge on any atom is -0.294 e. The van der Waals surface area contributed by atoms with Crippen molar-refractivity contribution in [2.75, 3.05) is 0 Å². The number of hydrogen-bond donors (Lipinski definition) is 0. The first-order valence-electron chi connectivity index (χ1n) is 5.53. The van der Waals surface area contributed by atoms with Crippen molar-refractivity contribution < 1.29 is 4.79 Å². The normalized spacial score (nSPS) is 10.7. The minimum atomic E-state index is 0.0308. The van der Waals surface area contributed by atoms with Crippen LogP contribution in [0.4, 0.5) is 0 Å². The van der Waals surface area contributed by atoms with Gasteiger partial charge < -0.3 is 0 Å². The van der Waals surface area contributed by atoms with Gasteiger partial charge in [0.1, 0.15) is 0 Å². The maximum Gasteiger partial charge on any atom is 0.161 e. The van der Waals surface area contributed by atoms with Gasteiger partial charge in [-0.25, -0.2) is 4.98 Å². The van der Waals surface area contributed by atoms with Gasteiger partial charge in [-0.3, -0.25) is 9.78 Å². The van der Waals surface area contributed by atoms with Crippen molar-refractivity contribution in [1.82, 2.24) is 9.97 Å². The molecule has 4 heteroatoms. The Labute approximate surface area is 108 Å². The summed E-state index contributed by atoms with van der Waals surface area (Å²) in [6, 6.07) is 7.94. The molecule has 3 aromatic rings. The first kappa shape index (κ1) is 11.0. The Morgan fingerprint density at radius 3 is 2.89 bits per heavy atom. The second-order valence-electron chi connectivity index (χ2n) is 4.05. The van der Waals surface area contributed by atoms with Crippen LogP contribution in [0.2, 0.25) is 0 Å². The molecule has 0 bridgehead atoms. The van der Waals surface area contributed by atoms with Crippen LogP contribution in [0.15, 0.2) is 42.2 Å². The Balaban J connectivity index is 2.13. The predicted molar refractivity (Wildman–Crippen MR) is 72.9 cm³/mol. The highest BCUT2D eigenvalue weighted by atomic mass is 32.1. The van der Waals surface area contributed by atoms with E-state index in [9.17, 15) is 4.79 Å². The molecule has 0 amide bonds. The molecule has 0 N–H and O–H groups in total. The molecule has 18 heavy (non-hydrogen) atoms. The molecule has 0 spiro atoms. The van der Waals surface area contributed by atoms with Gasteiger partial charge in [0.25, 0.3) is 0 Å². The van der Waals surface area contributed by atoms with E-state index in [1.165, 1.54) is 0 Å². The summed E-state index contributed by atoms with van der Waals surface area (Å²) in [5.74, 6) is 0.0308. The lowest BCUT2D eigenvalue weighted by atomic mass is 10.0. The van der Waals surface area contributed by atoms with Gasteiger partial charge in [0.15, 0.2) is 5.78 Å². The van der Waals surface area contributed by atoms with E-state index >= 15 is 0 Å². The zero-order valence-corrected chi connectivity index (χ0v) is 10.6. The molecule has 3 rings (SSSR count). The summed E-state index contributed by atoms with van der Waals surface area (Å²) in [7, 11) is 0. The highest BCUT2D eigenvalue weighted by molar-refractivity contribution is 7.16. The number of nitrogens with zero attached hydrogens (tertiary/aromatic N) is 2. The lowest BCUT2D eigenvalue weighted by Gasteiger charge is -2.02. The van der Waals surface area contributed by atoms with Gasteiger partial charge in [-0.2, -0.15) is 0 Å². The first-order valence-corrected chi connectivity index (χ1v) is 6.41. The van der Waals surface area contributed by atoms with E-state index in [0.29, 0.717) is 5.56 Å². The lowest BCUT2D eigenvalue weighted by Crippen LogP contribution is -1.93. The van der Waals surface area contributed by atoms with Crippen molar-refractivity contribution in [3.05, 3.63) is 47.7 Å². The third-order valence-electron chi connectivity index (χ3n) is 2.81. The molecule has 0 saturated carbocycles. The summed E-state index contributed by atoms with van der Waals surface area (Å²) in [6.07, 6.45) is 3.37. The summed E-state index contributed by atoms with van der Waals surface area (Å²) in [5, 5.41) is 0. The summed E-state index contributed by atoms with van der Waals surface area (Å²) >= 11 is 1.61. The molecule has 2 aromatic heterocycles. The molecular weight excluding hydrogens is 244 g/mol. The second kappa shape index (κ2) is 4.31. The van der Waals surface area contributed by atoms with Gasteiger partial charge in [-0.1, -0.05) is 6.07 Å². The summed E-state index contributed by atoms with van der Waals surface area (Å²) in [6.45, 7) is 1.55. The second-order valence-corrected chi connectivity index (χ2v) is 4.94. The molecule has 0 aliphatic rings. The van der Waals surface area contributed by atoms with Crippen LogP contribution in [0, 0.1) is 0 Å². The number of thiazole rings is 1. The van der Waals surface area contributed by atoms with Crippen LogP contribution in [0.25, 0.3) is 21.3 Å². The standard InChI is InChI=1S/C14H10N2OS/c1-9(17)11-4-12(7-15-6-11)10-2-3-13-14(5-10)18-8-16-13/h2-8H,1H3. The fourth-order valence-corrected chi connectivity index (χ4v) is 2.54. The Morgan fingerprint density at radius 1 is 1.17 bits per heavy atom. The average Bonchev–Trinajstić information content (AvgIpc) is 2.86. The summed E-state index contributed by atoms with van der Waals surface area (Å²) in [4.78, 5) is 19.7. The van der Waals surface area contributed by atoms with Crippen LogP contribution in [0.5, 0.6) is 0 Å². The summed E-state index contributed by atoms with van der Waals surface area (Å²) < 4.78 is 1.14. The van der Waals surface area contributed by atoms with E-state index in [2.05, 4.69) is 16.0 Å². The van der Waals surface area contributed by atoms with Crippen LogP contribution in [-0.4, -0.2) is 15.8 Å². The number of rotatable bonds is 2. The number of benzene rings is 1. The van der Waals surface area contributed by atoms with Crippen LogP contribution < -0.4 is 0 Å². The largest absolute Gasteiger partial charge is 0.294 e. The molecule has 0 unspecified atom stereocenters. The Morgan fingerprint density at radius 2 is 2.06 bits per heavy atom.